The lowest BCUT2D eigenvalue weighted by molar-refractivity contribution is -0.211. The molecular weight excluding hydrogens is 436 g/mol. The topological polar surface area (TPSA) is 132 Å². The van der Waals surface area contributed by atoms with Crippen LogP contribution in [0, 0.1) is 5.41 Å². The zero-order chi connectivity index (χ0) is 22.3. The summed E-state index contributed by atoms with van der Waals surface area (Å²) in [6, 6.07) is 0.159. The third kappa shape index (κ3) is 3.51. The molecule has 5 heterocycles. The summed E-state index contributed by atoms with van der Waals surface area (Å²) in [5, 5.41) is 10.1. The number of aromatic nitrogens is 3. The van der Waals surface area contributed by atoms with Crippen molar-refractivity contribution in [2.24, 2.45) is 5.41 Å². The van der Waals surface area contributed by atoms with Crippen molar-refractivity contribution in [1.82, 2.24) is 20.4 Å². The number of anilines is 2. The van der Waals surface area contributed by atoms with E-state index in [9.17, 15) is 9.59 Å². The molecule has 0 aromatic carbocycles. The molecule has 1 saturated carbocycles. The van der Waals surface area contributed by atoms with Crippen LogP contribution in [0.25, 0.3) is 0 Å². The van der Waals surface area contributed by atoms with Crippen molar-refractivity contribution in [1.29, 1.82) is 0 Å². The van der Waals surface area contributed by atoms with Crippen LogP contribution in [0.15, 0.2) is 4.52 Å². The van der Waals surface area contributed by atoms with E-state index in [-0.39, 0.29) is 12.0 Å². The van der Waals surface area contributed by atoms with Crippen LogP contribution in [0.3, 0.4) is 0 Å². The molecular formula is C20H26N6O5S. The first-order valence-corrected chi connectivity index (χ1v) is 11.7. The molecule has 0 atom stereocenters. The Morgan fingerprint density at radius 1 is 1.25 bits per heavy atom. The highest BCUT2D eigenvalue weighted by Gasteiger charge is 2.57. The third-order valence-electron chi connectivity index (χ3n) is 6.62. The second-order valence-electron chi connectivity index (χ2n) is 8.45. The van der Waals surface area contributed by atoms with Gasteiger partial charge in [-0.2, -0.15) is 4.98 Å². The monoisotopic (exact) mass is 462 g/mol. The highest BCUT2D eigenvalue weighted by molar-refractivity contribution is 7.15. The average molecular weight is 463 g/mol. The Balaban J connectivity index is 1.27. The van der Waals surface area contributed by atoms with E-state index >= 15 is 0 Å². The average Bonchev–Trinajstić information content (AvgIpc) is 3.47. The number of hydrogen-bond acceptors (Lipinski definition) is 10. The van der Waals surface area contributed by atoms with Crippen LogP contribution < -0.4 is 15.5 Å². The van der Waals surface area contributed by atoms with Gasteiger partial charge in [-0.1, -0.05) is 16.5 Å². The van der Waals surface area contributed by atoms with Crippen molar-refractivity contribution in [3.8, 4) is 0 Å². The maximum absolute atomic E-state index is 12.4. The van der Waals surface area contributed by atoms with E-state index in [2.05, 4.69) is 25.8 Å². The van der Waals surface area contributed by atoms with Crippen molar-refractivity contribution in [2.75, 3.05) is 37.0 Å². The molecule has 3 fully saturated rings. The highest BCUT2D eigenvalue weighted by Crippen LogP contribution is 2.53. The third-order valence-corrected chi connectivity index (χ3v) is 7.62. The normalized spacial score (nSPS) is 26.5. The number of carbonyl (C=O) groups is 2. The van der Waals surface area contributed by atoms with Crippen molar-refractivity contribution >= 4 is 34.5 Å². The Morgan fingerprint density at radius 3 is 2.75 bits per heavy atom. The minimum absolute atomic E-state index is 0.166. The Bertz CT molecular complexity index is 1010. The molecule has 2 N–H and O–H groups in total. The quantitative estimate of drug-likeness (QED) is 0.642. The summed E-state index contributed by atoms with van der Waals surface area (Å²) in [5.41, 5.74) is -0.166. The van der Waals surface area contributed by atoms with E-state index in [0.29, 0.717) is 69.0 Å². The number of rotatable bonds is 5. The molecule has 0 spiro atoms. The van der Waals surface area contributed by atoms with E-state index in [1.807, 2.05) is 11.8 Å². The standard InChI is InChI=1S/C20H26N6O5S/c1-3-29-15(27)19-5-7-20(8-6-19,30-11-19)14-23-18(31-25-14)26-9-4-12-13(10-26)32-17(22-12)24-16(28)21-2/h3-11H2,1-2H3,(H2,21,22,24,28). The van der Waals surface area contributed by atoms with Gasteiger partial charge < -0.3 is 24.2 Å². The number of esters is 1. The molecule has 2 aromatic heterocycles. The highest BCUT2D eigenvalue weighted by atomic mass is 32.1. The molecule has 2 amide bonds. The molecule has 4 aliphatic rings. The number of hydrogen-bond donors (Lipinski definition) is 2. The molecule has 0 unspecified atom stereocenters. The van der Waals surface area contributed by atoms with Gasteiger partial charge in [-0.15, -0.1) is 0 Å². The fourth-order valence-electron chi connectivity index (χ4n) is 4.63. The van der Waals surface area contributed by atoms with Crippen molar-refractivity contribution in [2.45, 2.75) is 51.2 Å². The molecule has 0 radical (unpaired) electrons. The van der Waals surface area contributed by atoms with E-state index in [1.54, 1.807) is 7.05 Å². The number of ether oxygens (including phenoxy) is 2. The van der Waals surface area contributed by atoms with Crippen LogP contribution >= 0.6 is 11.3 Å². The second-order valence-corrected chi connectivity index (χ2v) is 9.53. The van der Waals surface area contributed by atoms with Crippen LogP contribution in [0.1, 0.15) is 49.0 Å². The molecule has 2 aromatic rings. The van der Waals surface area contributed by atoms with Crippen molar-refractivity contribution in [3.05, 3.63) is 16.4 Å². The number of carbonyl (C=O) groups excluding carboxylic acids is 2. The summed E-state index contributed by atoms with van der Waals surface area (Å²) >= 11 is 1.45. The molecule has 12 heteroatoms. The Kier molecular flexibility index (Phi) is 5.28. The minimum atomic E-state index is -0.605. The van der Waals surface area contributed by atoms with E-state index in [4.69, 9.17) is 14.0 Å². The Hall–Kier alpha value is -2.73. The number of nitrogens with one attached hydrogen (secondary N) is 2. The fraction of sp³-hybridized carbons (Fsp3) is 0.650. The largest absolute Gasteiger partial charge is 0.465 e. The number of thiazole rings is 1. The van der Waals surface area contributed by atoms with Crippen LogP contribution in [0.2, 0.25) is 0 Å². The maximum atomic E-state index is 12.4. The van der Waals surface area contributed by atoms with Crippen LogP contribution in [-0.2, 0) is 32.8 Å². The van der Waals surface area contributed by atoms with Gasteiger partial charge in [0.25, 0.3) is 0 Å². The van der Waals surface area contributed by atoms with Gasteiger partial charge in [0, 0.05) is 24.9 Å². The van der Waals surface area contributed by atoms with Gasteiger partial charge in [0.1, 0.15) is 5.60 Å². The molecule has 11 nitrogen and oxygen atoms in total. The Labute approximate surface area is 188 Å². The Morgan fingerprint density at radius 2 is 2.06 bits per heavy atom. The minimum Gasteiger partial charge on any atom is -0.465 e. The smallest absolute Gasteiger partial charge is 0.324 e. The SMILES string of the molecule is CCOC(=O)C12CCC(c3noc(N4CCc5nc(NC(=O)NC)sc5C4)n3)(CC1)OC2. The van der Waals surface area contributed by atoms with Gasteiger partial charge in [-0.3, -0.25) is 10.1 Å². The summed E-state index contributed by atoms with van der Waals surface area (Å²) in [6.07, 6.45) is 3.45. The van der Waals surface area contributed by atoms with E-state index in [1.165, 1.54) is 11.3 Å². The summed E-state index contributed by atoms with van der Waals surface area (Å²) in [7, 11) is 1.57. The van der Waals surface area contributed by atoms with Crippen molar-refractivity contribution in [3.63, 3.8) is 0 Å². The lowest BCUT2D eigenvalue weighted by Crippen LogP contribution is -2.53. The van der Waals surface area contributed by atoms with E-state index < -0.39 is 11.0 Å². The molecule has 32 heavy (non-hydrogen) atoms. The summed E-state index contributed by atoms with van der Waals surface area (Å²) in [5.74, 6) is 0.378. The fourth-order valence-corrected chi connectivity index (χ4v) is 5.65. The molecule has 6 rings (SSSR count). The van der Waals surface area contributed by atoms with Gasteiger partial charge >= 0.3 is 18.0 Å². The second kappa shape index (κ2) is 8.00. The van der Waals surface area contributed by atoms with Gasteiger partial charge in [0.15, 0.2) is 5.13 Å². The number of urea groups is 1. The first-order chi connectivity index (χ1) is 15.5. The molecule has 2 saturated heterocycles. The zero-order valence-electron chi connectivity index (χ0n) is 18.1. The number of nitrogens with zero attached hydrogens (tertiary/aromatic N) is 4. The van der Waals surface area contributed by atoms with Gasteiger partial charge in [-0.25, -0.2) is 9.78 Å². The number of amides is 2. The summed E-state index contributed by atoms with van der Waals surface area (Å²) < 4.78 is 17.1. The lowest BCUT2D eigenvalue weighted by atomic mass is 9.66. The zero-order valence-corrected chi connectivity index (χ0v) is 18.9. The molecule has 1 aliphatic carbocycles. The van der Waals surface area contributed by atoms with Crippen LogP contribution in [0.5, 0.6) is 0 Å². The molecule has 172 valence electrons. The van der Waals surface area contributed by atoms with Crippen LogP contribution in [0.4, 0.5) is 15.9 Å². The summed E-state index contributed by atoms with van der Waals surface area (Å²) in [6.45, 7) is 3.80. The van der Waals surface area contributed by atoms with Gasteiger partial charge in [0.2, 0.25) is 5.82 Å². The predicted molar refractivity (Wildman–Crippen MR) is 114 cm³/mol. The molecule has 3 aliphatic heterocycles. The first-order valence-electron chi connectivity index (χ1n) is 10.8. The van der Waals surface area contributed by atoms with E-state index in [0.717, 1.165) is 17.0 Å². The number of fused-ring (bicyclic) bond motifs is 4. The lowest BCUT2D eigenvalue weighted by Gasteiger charge is -2.49. The van der Waals surface area contributed by atoms with Crippen molar-refractivity contribution < 1.29 is 23.6 Å². The van der Waals surface area contributed by atoms with Crippen LogP contribution in [-0.4, -0.2) is 53.9 Å². The van der Waals surface area contributed by atoms with Gasteiger partial charge in [-0.05, 0) is 32.6 Å². The molecule has 2 bridgehead atoms. The summed E-state index contributed by atoms with van der Waals surface area (Å²) in [4.78, 5) is 36.2. The van der Waals surface area contributed by atoms with Gasteiger partial charge in [0.05, 0.1) is 30.9 Å². The first kappa shape index (κ1) is 21.1. The predicted octanol–water partition coefficient (Wildman–Crippen LogP) is 2.19. The maximum Gasteiger partial charge on any atom is 0.324 e.